The molecule has 2 aliphatic carbocycles. The monoisotopic (exact) mass is 126 g/mol. The smallest absolute Gasteiger partial charge is 0.0599 e. The molecule has 0 spiro atoms. The van der Waals surface area contributed by atoms with Crippen molar-refractivity contribution >= 4 is 0 Å². The van der Waals surface area contributed by atoms with Gasteiger partial charge in [0.05, 0.1) is 6.10 Å². The van der Waals surface area contributed by atoms with Crippen LogP contribution in [0.4, 0.5) is 0 Å². The van der Waals surface area contributed by atoms with Crippen LogP contribution in [0.3, 0.4) is 0 Å². The van der Waals surface area contributed by atoms with Crippen molar-refractivity contribution in [1.82, 2.24) is 0 Å². The van der Waals surface area contributed by atoms with Gasteiger partial charge in [-0.05, 0) is 37.0 Å². The minimum absolute atomic E-state index is 0.0486. The lowest BCUT2D eigenvalue weighted by Crippen LogP contribution is -2.17. The van der Waals surface area contributed by atoms with Crippen molar-refractivity contribution in [1.29, 1.82) is 0 Å². The van der Waals surface area contributed by atoms with Gasteiger partial charge in [0.15, 0.2) is 0 Å². The van der Waals surface area contributed by atoms with Crippen molar-refractivity contribution in [3.8, 4) is 0 Å². The minimum atomic E-state index is 0.0486. The molecule has 2 saturated carbocycles. The van der Waals surface area contributed by atoms with Crippen molar-refractivity contribution in [2.24, 2.45) is 11.3 Å². The van der Waals surface area contributed by atoms with E-state index in [0.29, 0.717) is 5.41 Å². The molecule has 2 rings (SSSR count). The third-order valence-electron chi connectivity index (χ3n) is 3.39. The highest BCUT2D eigenvalue weighted by atomic mass is 16.3. The Balaban J connectivity index is 2.14. The topological polar surface area (TPSA) is 20.2 Å². The van der Waals surface area contributed by atoms with Crippen LogP contribution < -0.4 is 0 Å². The Hall–Kier alpha value is -0.0400. The molecule has 9 heavy (non-hydrogen) atoms. The standard InChI is InChI=1S/C8H14O/c1-2-8-5-6(8)3-4-7(8)9/h6-7,9H,2-5H2,1H3/t6-,7-,8+/m0/s1. The van der Waals surface area contributed by atoms with Crippen LogP contribution in [0.2, 0.25) is 0 Å². The first kappa shape index (κ1) is 5.72. The molecule has 2 fully saturated rings. The zero-order chi connectivity index (χ0) is 6.48. The molecule has 0 aliphatic heterocycles. The summed E-state index contributed by atoms with van der Waals surface area (Å²) in [5.74, 6) is 0.900. The fraction of sp³-hybridized carbons (Fsp3) is 1.00. The average molecular weight is 126 g/mol. The zero-order valence-electron chi connectivity index (χ0n) is 5.93. The normalized spacial score (nSPS) is 55.3. The van der Waals surface area contributed by atoms with Crippen LogP contribution in [0.5, 0.6) is 0 Å². The van der Waals surface area contributed by atoms with Crippen molar-refractivity contribution in [3.05, 3.63) is 0 Å². The summed E-state index contributed by atoms with van der Waals surface area (Å²) < 4.78 is 0. The molecule has 0 radical (unpaired) electrons. The summed E-state index contributed by atoms with van der Waals surface area (Å²) in [6.07, 6.45) is 4.91. The predicted octanol–water partition coefficient (Wildman–Crippen LogP) is 1.56. The highest BCUT2D eigenvalue weighted by Gasteiger charge is 2.60. The minimum Gasteiger partial charge on any atom is -0.393 e. The maximum absolute atomic E-state index is 9.49. The van der Waals surface area contributed by atoms with Crippen molar-refractivity contribution in [2.75, 3.05) is 0 Å². The van der Waals surface area contributed by atoms with E-state index in [0.717, 1.165) is 12.3 Å². The van der Waals surface area contributed by atoms with E-state index in [9.17, 15) is 5.11 Å². The lowest BCUT2D eigenvalue weighted by molar-refractivity contribution is 0.102. The van der Waals surface area contributed by atoms with Gasteiger partial charge in [0.1, 0.15) is 0 Å². The van der Waals surface area contributed by atoms with Crippen LogP contribution >= 0.6 is 0 Å². The number of aliphatic hydroxyl groups excluding tert-OH is 1. The van der Waals surface area contributed by atoms with E-state index in [2.05, 4.69) is 6.92 Å². The number of rotatable bonds is 1. The molecule has 0 amide bonds. The van der Waals surface area contributed by atoms with E-state index < -0.39 is 0 Å². The fourth-order valence-corrected chi connectivity index (χ4v) is 2.51. The third-order valence-corrected chi connectivity index (χ3v) is 3.39. The first-order valence-corrected chi connectivity index (χ1v) is 3.97. The molecular formula is C8H14O. The largest absolute Gasteiger partial charge is 0.393 e. The Bertz CT molecular complexity index is 129. The Labute approximate surface area is 56.1 Å². The van der Waals surface area contributed by atoms with Gasteiger partial charge < -0.3 is 5.11 Å². The predicted molar refractivity (Wildman–Crippen MR) is 36.1 cm³/mol. The van der Waals surface area contributed by atoms with Crippen molar-refractivity contribution in [3.63, 3.8) is 0 Å². The van der Waals surface area contributed by atoms with Crippen LogP contribution in [-0.4, -0.2) is 11.2 Å². The molecule has 0 aromatic carbocycles. The third kappa shape index (κ3) is 0.536. The van der Waals surface area contributed by atoms with Crippen molar-refractivity contribution < 1.29 is 5.11 Å². The van der Waals surface area contributed by atoms with Crippen LogP contribution in [-0.2, 0) is 0 Å². The van der Waals surface area contributed by atoms with Gasteiger partial charge in [-0.1, -0.05) is 6.92 Å². The highest BCUT2D eigenvalue weighted by Crippen LogP contribution is 2.65. The Morgan fingerprint density at radius 2 is 2.33 bits per heavy atom. The molecule has 2 aliphatic rings. The van der Waals surface area contributed by atoms with Gasteiger partial charge in [0.2, 0.25) is 0 Å². The van der Waals surface area contributed by atoms with Crippen LogP contribution in [0.1, 0.15) is 32.6 Å². The summed E-state index contributed by atoms with van der Waals surface area (Å²) in [7, 11) is 0. The van der Waals surface area contributed by atoms with Gasteiger partial charge in [-0.25, -0.2) is 0 Å². The summed E-state index contributed by atoms with van der Waals surface area (Å²) in [5, 5.41) is 9.49. The van der Waals surface area contributed by atoms with Gasteiger partial charge in [0, 0.05) is 0 Å². The fourth-order valence-electron chi connectivity index (χ4n) is 2.51. The van der Waals surface area contributed by atoms with E-state index in [1.54, 1.807) is 0 Å². The summed E-state index contributed by atoms with van der Waals surface area (Å²) in [5.41, 5.74) is 0.417. The lowest BCUT2D eigenvalue weighted by atomic mass is 9.98. The molecule has 0 aromatic heterocycles. The number of fused-ring (bicyclic) bond motifs is 1. The maximum atomic E-state index is 9.49. The molecule has 1 heteroatoms. The second-order valence-electron chi connectivity index (χ2n) is 3.58. The van der Waals surface area contributed by atoms with Crippen LogP contribution in [0.25, 0.3) is 0 Å². The Kier molecular flexibility index (Phi) is 0.963. The maximum Gasteiger partial charge on any atom is 0.0599 e. The van der Waals surface area contributed by atoms with Gasteiger partial charge in [-0.15, -0.1) is 0 Å². The van der Waals surface area contributed by atoms with Crippen LogP contribution in [0, 0.1) is 11.3 Å². The van der Waals surface area contributed by atoms with Gasteiger partial charge in [0.25, 0.3) is 0 Å². The van der Waals surface area contributed by atoms with Gasteiger partial charge in [-0.3, -0.25) is 0 Å². The molecule has 0 heterocycles. The summed E-state index contributed by atoms with van der Waals surface area (Å²) in [6, 6.07) is 0. The van der Waals surface area contributed by atoms with Gasteiger partial charge >= 0.3 is 0 Å². The first-order chi connectivity index (χ1) is 4.29. The average Bonchev–Trinajstić information content (AvgIpc) is 2.52. The molecule has 3 atom stereocenters. The number of aliphatic hydroxyl groups is 1. The second-order valence-corrected chi connectivity index (χ2v) is 3.58. The number of hydrogen-bond acceptors (Lipinski definition) is 1. The summed E-state index contributed by atoms with van der Waals surface area (Å²) in [6.45, 7) is 2.20. The lowest BCUT2D eigenvalue weighted by Gasteiger charge is -2.14. The van der Waals surface area contributed by atoms with E-state index in [4.69, 9.17) is 0 Å². The van der Waals surface area contributed by atoms with Crippen molar-refractivity contribution in [2.45, 2.75) is 38.7 Å². The molecular weight excluding hydrogens is 112 g/mol. The van der Waals surface area contributed by atoms with E-state index >= 15 is 0 Å². The summed E-state index contributed by atoms with van der Waals surface area (Å²) >= 11 is 0. The highest BCUT2D eigenvalue weighted by molar-refractivity contribution is 5.10. The summed E-state index contributed by atoms with van der Waals surface area (Å²) in [4.78, 5) is 0. The molecule has 0 aromatic rings. The van der Waals surface area contributed by atoms with Crippen LogP contribution in [0.15, 0.2) is 0 Å². The van der Waals surface area contributed by atoms with E-state index in [1.165, 1.54) is 19.3 Å². The quantitative estimate of drug-likeness (QED) is 0.565. The van der Waals surface area contributed by atoms with Gasteiger partial charge in [-0.2, -0.15) is 0 Å². The molecule has 52 valence electrons. The first-order valence-electron chi connectivity index (χ1n) is 3.97. The second kappa shape index (κ2) is 1.51. The molecule has 1 nitrogen and oxygen atoms in total. The molecule has 0 saturated heterocycles. The SMILES string of the molecule is CC[C@@]12C[C@@H]1CC[C@@H]2O. The Morgan fingerprint density at radius 1 is 1.56 bits per heavy atom. The molecule has 0 bridgehead atoms. The molecule has 1 N–H and O–H groups in total. The number of hydrogen-bond donors (Lipinski definition) is 1. The zero-order valence-corrected chi connectivity index (χ0v) is 5.93. The van der Waals surface area contributed by atoms with E-state index in [-0.39, 0.29) is 6.10 Å². The Morgan fingerprint density at radius 3 is 2.56 bits per heavy atom. The van der Waals surface area contributed by atoms with E-state index in [1.807, 2.05) is 0 Å². The molecule has 0 unspecified atom stereocenters.